The number of rotatable bonds is 3. The van der Waals surface area contributed by atoms with Crippen molar-refractivity contribution < 1.29 is 8.42 Å². The van der Waals surface area contributed by atoms with E-state index in [1.165, 1.54) is 0 Å². The van der Waals surface area contributed by atoms with Gasteiger partial charge in [-0.05, 0) is 14.1 Å². The Morgan fingerprint density at radius 2 is 2.00 bits per heavy atom. The van der Waals surface area contributed by atoms with Gasteiger partial charge in [0.2, 0.25) is 10.9 Å². The van der Waals surface area contributed by atoms with Crippen LogP contribution in [0.5, 0.6) is 0 Å². The van der Waals surface area contributed by atoms with Crippen LogP contribution in [-0.4, -0.2) is 34.1 Å². The first-order chi connectivity index (χ1) is 3.63. The van der Waals surface area contributed by atoms with Crippen LogP contribution >= 0.6 is 0 Å². The normalized spacial score (nSPS) is 11.0. The summed E-state index contributed by atoms with van der Waals surface area (Å²) in [6.07, 6.45) is 0. The van der Waals surface area contributed by atoms with Gasteiger partial charge in [0.05, 0.1) is 6.67 Å². The van der Waals surface area contributed by atoms with Gasteiger partial charge in [0.1, 0.15) is 0 Å². The average molecular weight is 138 g/mol. The van der Waals surface area contributed by atoms with Crippen LogP contribution in [0.15, 0.2) is 0 Å². The van der Waals surface area contributed by atoms with Gasteiger partial charge in [-0.1, -0.05) is 0 Å². The fourth-order valence-electron chi connectivity index (χ4n) is 0.199. The van der Waals surface area contributed by atoms with Crippen LogP contribution in [0.25, 0.3) is 0 Å². The minimum atomic E-state index is -2.42. The molecule has 0 aromatic carbocycles. The quantitative estimate of drug-likeness (QED) is 0.373. The molecule has 0 aliphatic carbocycles. The van der Waals surface area contributed by atoms with Crippen molar-refractivity contribution in [1.82, 2.24) is 9.62 Å². The molecule has 0 aliphatic heterocycles. The highest BCUT2D eigenvalue weighted by Crippen LogP contribution is 1.64. The molecule has 0 aromatic heterocycles. The first-order valence-electron chi connectivity index (χ1n) is 2.15. The fourth-order valence-corrected chi connectivity index (χ4v) is 0.597. The standard InChI is InChI=1S/C3H10N2O2S/c1-5(2)3-4-8(6)7/h8H,3H2,1-2H3,(H,4,6,7). The first kappa shape index (κ1) is 7.87. The van der Waals surface area contributed by atoms with Gasteiger partial charge in [-0.25, -0.2) is 13.1 Å². The van der Waals surface area contributed by atoms with Crippen LogP contribution in [0, 0.1) is 0 Å². The minimum Gasteiger partial charge on any atom is -0.296 e. The Kier molecular flexibility index (Phi) is 3.76. The van der Waals surface area contributed by atoms with Crippen molar-refractivity contribution in [3.05, 3.63) is 0 Å². The van der Waals surface area contributed by atoms with Crippen molar-refractivity contribution in [2.75, 3.05) is 20.8 Å². The summed E-state index contributed by atoms with van der Waals surface area (Å²) in [7, 11) is 1.14. The summed E-state index contributed by atoms with van der Waals surface area (Å²) < 4.78 is 21.8. The van der Waals surface area contributed by atoms with Gasteiger partial charge in [-0.15, -0.1) is 0 Å². The topological polar surface area (TPSA) is 49.4 Å². The number of nitrogens with one attached hydrogen (secondary N) is 1. The summed E-state index contributed by atoms with van der Waals surface area (Å²) in [6, 6.07) is 0. The predicted octanol–water partition coefficient (Wildman–Crippen LogP) is -1.38. The van der Waals surface area contributed by atoms with E-state index in [0.717, 1.165) is 0 Å². The third-order valence-corrected chi connectivity index (χ3v) is 0.916. The SMILES string of the molecule is CN(C)CN[SH](=O)=O. The van der Waals surface area contributed by atoms with Gasteiger partial charge in [0.15, 0.2) is 0 Å². The van der Waals surface area contributed by atoms with E-state index in [1.807, 2.05) is 0 Å². The molecule has 1 N–H and O–H groups in total. The molecule has 0 rings (SSSR count). The van der Waals surface area contributed by atoms with Crippen molar-refractivity contribution in [2.24, 2.45) is 0 Å². The zero-order chi connectivity index (χ0) is 6.57. The van der Waals surface area contributed by atoms with E-state index in [4.69, 9.17) is 0 Å². The second-order valence-electron chi connectivity index (χ2n) is 1.65. The highest BCUT2D eigenvalue weighted by Gasteiger charge is 1.85. The number of thiol groups is 1. The molecule has 0 unspecified atom stereocenters. The summed E-state index contributed by atoms with van der Waals surface area (Å²) in [4.78, 5) is 1.73. The Morgan fingerprint density at radius 3 is 2.12 bits per heavy atom. The summed E-state index contributed by atoms with van der Waals surface area (Å²) in [6.45, 7) is 0.374. The summed E-state index contributed by atoms with van der Waals surface area (Å²) in [5, 5.41) is 0. The first-order valence-corrected chi connectivity index (χ1v) is 3.33. The lowest BCUT2D eigenvalue weighted by Crippen LogP contribution is -2.26. The molecule has 0 fully saturated rings. The molecule has 0 amide bonds. The number of hydrogen-bond acceptors (Lipinski definition) is 3. The lowest BCUT2D eigenvalue weighted by molar-refractivity contribution is 0.402. The van der Waals surface area contributed by atoms with Gasteiger partial charge in [0, 0.05) is 0 Å². The second kappa shape index (κ2) is 3.82. The molecule has 0 radical (unpaired) electrons. The molecule has 0 spiro atoms. The van der Waals surface area contributed by atoms with Crippen LogP contribution in [0.2, 0.25) is 0 Å². The molecule has 0 bridgehead atoms. The summed E-state index contributed by atoms with van der Waals surface area (Å²) in [5.41, 5.74) is 0. The molecule has 0 aromatic rings. The van der Waals surface area contributed by atoms with E-state index in [1.54, 1.807) is 19.0 Å². The number of nitrogens with zero attached hydrogens (tertiary/aromatic N) is 1. The molecule has 50 valence electrons. The van der Waals surface area contributed by atoms with Gasteiger partial charge < -0.3 is 0 Å². The Bertz CT molecular complexity index is 112. The zero-order valence-electron chi connectivity index (χ0n) is 4.92. The molecule has 0 heterocycles. The van der Waals surface area contributed by atoms with Crippen molar-refractivity contribution in [3.8, 4) is 0 Å². The van der Waals surface area contributed by atoms with E-state index >= 15 is 0 Å². The lowest BCUT2D eigenvalue weighted by Gasteiger charge is -2.04. The molecule has 8 heavy (non-hydrogen) atoms. The Balaban J connectivity index is 3.18. The average Bonchev–Trinajstić information content (AvgIpc) is 1.61. The van der Waals surface area contributed by atoms with E-state index in [-0.39, 0.29) is 0 Å². The molecule has 0 saturated carbocycles. The largest absolute Gasteiger partial charge is 0.296 e. The Morgan fingerprint density at radius 1 is 1.50 bits per heavy atom. The van der Waals surface area contributed by atoms with Crippen molar-refractivity contribution >= 4 is 10.9 Å². The van der Waals surface area contributed by atoms with E-state index in [9.17, 15) is 8.42 Å². The number of hydrogen-bond donors (Lipinski definition) is 2. The molecule has 0 saturated heterocycles. The van der Waals surface area contributed by atoms with E-state index < -0.39 is 10.9 Å². The van der Waals surface area contributed by atoms with Crippen molar-refractivity contribution in [2.45, 2.75) is 0 Å². The van der Waals surface area contributed by atoms with Crippen LogP contribution in [0.1, 0.15) is 0 Å². The van der Waals surface area contributed by atoms with Crippen LogP contribution in [0.3, 0.4) is 0 Å². The lowest BCUT2D eigenvalue weighted by atomic mass is 10.9. The molecule has 4 nitrogen and oxygen atoms in total. The predicted molar refractivity (Wildman–Crippen MR) is 32.0 cm³/mol. The fraction of sp³-hybridized carbons (Fsp3) is 1.00. The highest BCUT2D eigenvalue weighted by molar-refractivity contribution is 7.70. The highest BCUT2D eigenvalue weighted by atomic mass is 32.2. The molecule has 5 heteroatoms. The summed E-state index contributed by atoms with van der Waals surface area (Å²) >= 11 is 0. The van der Waals surface area contributed by atoms with E-state index in [2.05, 4.69) is 4.72 Å². The van der Waals surface area contributed by atoms with Crippen molar-refractivity contribution in [3.63, 3.8) is 0 Å². The maximum atomic E-state index is 9.80. The van der Waals surface area contributed by atoms with Crippen LogP contribution < -0.4 is 4.72 Å². The van der Waals surface area contributed by atoms with Gasteiger partial charge >= 0.3 is 0 Å². The minimum absolute atomic E-state index is 0.374. The third kappa shape index (κ3) is 5.87. The van der Waals surface area contributed by atoms with Crippen LogP contribution in [0.4, 0.5) is 0 Å². The second-order valence-corrected chi connectivity index (χ2v) is 2.48. The van der Waals surface area contributed by atoms with Gasteiger partial charge in [-0.2, -0.15) is 0 Å². The maximum Gasteiger partial charge on any atom is 0.202 e. The monoisotopic (exact) mass is 138 g/mol. The molecule has 0 aliphatic rings. The Labute approximate surface area is 50.6 Å². The third-order valence-electron chi connectivity index (χ3n) is 0.516. The molecule has 0 atom stereocenters. The van der Waals surface area contributed by atoms with Gasteiger partial charge in [0.25, 0.3) is 0 Å². The smallest absolute Gasteiger partial charge is 0.202 e. The van der Waals surface area contributed by atoms with E-state index in [0.29, 0.717) is 6.67 Å². The van der Waals surface area contributed by atoms with Gasteiger partial charge in [-0.3, -0.25) is 4.90 Å². The molecular formula is C3H10N2O2S. The van der Waals surface area contributed by atoms with Crippen molar-refractivity contribution in [1.29, 1.82) is 0 Å². The zero-order valence-corrected chi connectivity index (χ0v) is 5.81. The van der Waals surface area contributed by atoms with Crippen LogP contribution in [-0.2, 0) is 10.9 Å². The summed E-state index contributed by atoms with van der Waals surface area (Å²) in [5.74, 6) is 0. The maximum absolute atomic E-state index is 9.80. The Hall–Kier alpha value is -0.130. The molecular weight excluding hydrogens is 128 g/mol.